The van der Waals surface area contributed by atoms with E-state index in [0.29, 0.717) is 22.3 Å². The van der Waals surface area contributed by atoms with E-state index in [1.165, 1.54) is 6.26 Å². The van der Waals surface area contributed by atoms with Crippen LogP contribution in [0, 0.1) is 11.3 Å². The van der Waals surface area contributed by atoms with Crippen molar-refractivity contribution in [2.24, 2.45) is 0 Å². The third kappa shape index (κ3) is 5.92. The summed E-state index contributed by atoms with van der Waals surface area (Å²) >= 11 is 0. The minimum absolute atomic E-state index is 0.0392. The van der Waals surface area contributed by atoms with E-state index in [9.17, 15) is 18.5 Å². The highest BCUT2D eigenvalue weighted by atomic mass is 32.2. The van der Waals surface area contributed by atoms with Crippen molar-refractivity contribution in [1.29, 1.82) is 5.26 Å². The van der Waals surface area contributed by atoms with Gasteiger partial charge in [-0.05, 0) is 22.8 Å². The predicted molar refractivity (Wildman–Crippen MR) is 137 cm³/mol. The number of amides is 1. The van der Waals surface area contributed by atoms with Gasteiger partial charge in [-0.15, -0.1) is 0 Å². The third-order valence-electron chi connectivity index (χ3n) is 5.74. The number of carbonyl (C=O) groups excluding carboxylic acids is 1. The Morgan fingerprint density at radius 3 is 2.23 bits per heavy atom. The van der Waals surface area contributed by atoms with E-state index in [0.717, 1.165) is 16.5 Å². The SMILES string of the molecule is CS(=O)(=O)Cc1c(-c2ccccc2)nc2ccccc2c1CC(=O)NC(CC#N)c1ccccc1. The average Bonchev–Trinajstić information content (AvgIpc) is 2.85. The summed E-state index contributed by atoms with van der Waals surface area (Å²) < 4.78 is 24.9. The summed E-state index contributed by atoms with van der Waals surface area (Å²) in [4.78, 5) is 18.1. The fourth-order valence-corrected chi connectivity index (χ4v) is 5.04. The van der Waals surface area contributed by atoms with Crippen molar-refractivity contribution >= 4 is 26.6 Å². The molecule has 0 radical (unpaired) electrons. The number of carbonyl (C=O) groups is 1. The van der Waals surface area contributed by atoms with Crippen molar-refractivity contribution < 1.29 is 13.2 Å². The summed E-state index contributed by atoms with van der Waals surface area (Å²) in [6, 6.07) is 27.8. The Labute approximate surface area is 205 Å². The predicted octanol–water partition coefficient (Wildman–Crippen LogP) is 4.76. The molecule has 1 heterocycles. The molecule has 1 aromatic heterocycles. The number of fused-ring (bicyclic) bond motifs is 1. The smallest absolute Gasteiger partial charge is 0.224 e. The van der Waals surface area contributed by atoms with Crippen LogP contribution in [-0.2, 0) is 26.8 Å². The Kier molecular flexibility index (Phi) is 7.23. The van der Waals surface area contributed by atoms with Gasteiger partial charge in [0, 0.05) is 17.2 Å². The van der Waals surface area contributed by atoms with E-state index in [2.05, 4.69) is 11.4 Å². The number of hydrogen-bond donors (Lipinski definition) is 1. The molecule has 1 unspecified atom stereocenters. The van der Waals surface area contributed by atoms with E-state index in [1.807, 2.05) is 84.9 Å². The highest BCUT2D eigenvalue weighted by Crippen LogP contribution is 2.32. The zero-order valence-corrected chi connectivity index (χ0v) is 20.1. The molecule has 1 amide bonds. The lowest BCUT2D eigenvalue weighted by Crippen LogP contribution is -2.30. The largest absolute Gasteiger partial charge is 0.348 e. The first-order valence-electron chi connectivity index (χ1n) is 11.2. The van der Waals surface area contributed by atoms with Gasteiger partial charge in [-0.25, -0.2) is 13.4 Å². The molecule has 4 rings (SSSR count). The number of rotatable bonds is 8. The van der Waals surface area contributed by atoms with Crippen LogP contribution >= 0.6 is 0 Å². The van der Waals surface area contributed by atoms with E-state index in [1.54, 1.807) is 0 Å². The van der Waals surface area contributed by atoms with Crippen LogP contribution in [0.5, 0.6) is 0 Å². The number of nitrogens with one attached hydrogen (secondary N) is 1. The van der Waals surface area contributed by atoms with Crippen LogP contribution in [0.3, 0.4) is 0 Å². The molecule has 1 atom stereocenters. The first kappa shape index (κ1) is 24.1. The summed E-state index contributed by atoms with van der Waals surface area (Å²) in [5, 5.41) is 13.0. The number of sulfone groups is 1. The molecule has 0 bridgehead atoms. The van der Waals surface area contributed by atoms with Crippen LogP contribution in [-0.4, -0.2) is 25.6 Å². The van der Waals surface area contributed by atoms with Crippen molar-refractivity contribution in [3.05, 3.63) is 102 Å². The molecule has 6 nitrogen and oxygen atoms in total. The van der Waals surface area contributed by atoms with Crippen LogP contribution in [0.2, 0.25) is 0 Å². The minimum Gasteiger partial charge on any atom is -0.348 e. The van der Waals surface area contributed by atoms with Crippen LogP contribution < -0.4 is 5.32 Å². The molecule has 4 aromatic rings. The number of para-hydroxylation sites is 1. The van der Waals surface area contributed by atoms with Gasteiger partial charge in [0.25, 0.3) is 0 Å². The van der Waals surface area contributed by atoms with Gasteiger partial charge in [-0.1, -0.05) is 78.9 Å². The van der Waals surface area contributed by atoms with Gasteiger partial charge in [0.2, 0.25) is 5.91 Å². The lowest BCUT2D eigenvalue weighted by Gasteiger charge is -2.20. The number of benzene rings is 3. The minimum atomic E-state index is -3.42. The molecule has 176 valence electrons. The molecule has 0 aliphatic rings. The fraction of sp³-hybridized carbons (Fsp3) is 0.179. The summed E-state index contributed by atoms with van der Waals surface area (Å²) in [5.74, 6) is -0.531. The van der Waals surface area contributed by atoms with Crippen LogP contribution in [0.1, 0.15) is 29.2 Å². The molecule has 0 aliphatic carbocycles. The molecule has 0 aliphatic heterocycles. The standard InChI is InChI=1S/C28H25N3O3S/c1-35(33,34)19-24-23(18-27(32)30-25(16-17-29)20-10-4-2-5-11-20)22-14-8-9-15-26(22)31-28(24)21-12-6-3-7-13-21/h2-15,25H,16,18-19H2,1H3,(H,30,32). The van der Waals surface area contributed by atoms with E-state index >= 15 is 0 Å². The monoisotopic (exact) mass is 483 g/mol. The molecule has 7 heteroatoms. The first-order valence-corrected chi connectivity index (χ1v) is 13.3. The summed E-state index contributed by atoms with van der Waals surface area (Å²) in [5.41, 5.74) is 4.00. The van der Waals surface area contributed by atoms with Gasteiger partial charge in [0.05, 0.1) is 41.9 Å². The maximum absolute atomic E-state index is 13.3. The Morgan fingerprint density at radius 2 is 1.57 bits per heavy atom. The van der Waals surface area contributed by atoms with E-state index in [4.69, 9.17) is 4.98 Å². The fourth-order valence-electron chi connectivity index (χ4n) is 4.21. The average molecular weight is 484 g/mol. The Balaban J connectivity index is 1.81. The van der Waals surface area contributed by atoms with Gasteiger partial charge in [-0.3, -0.25) is 4.79 Å². The van der Waals surface area contributed by atoms with Gasteiger partial charge in [-0.2, -0.15) is 5.26 Å². The highest BCUT2D eigenvalue weighted by molar-refractivity contribution is 7.89. The first-order chi connectivity index (χ1) is 16.9. The molecule has 1 N–H and O–H groups in total. The molecule has 0 spiro atoms. The molecular weight excluding hydrogens is 458 g/mol. The maximum Gasteiger partial charge on any atom is 0.224 e. The Morgan fingerprint density at radius 1 is 0.943 bits per heavy atom. The maximum atomic E-state index is 13.3. The number of hydrogen-bond acceptors (Lipinski definition) is 5. The quantitative estimate of drug-likeness (QED) is 0.389. The molecular formula is C28H25N3O3S. The van der Waals surface area contributed by atoms with E-state index in [-0.39, 0.29) is 24.5 Å². The number of pyridine rings is 1. The van der Waals surface area contributed by atoms with Crippen molar-refractivity contribution in [2.45, 2.75) is 24.6 Å². The lowest BCUT2D eigenvalue weighted by atomic mass is 9.95. The third-order valence-corrected chi connectivity index (χ3v) is 6.55. The molecule has 0 saturated heterocycles. The zero-order valence-electron chi connectivity index (χ0n) is 19.3. The van der Waals surface area contributed by atoms with Crippen molar-refractivity contribution in [2.75, 3.05) is 6.26 Å². The summed E-state index contributed by atoms with van der Waals surface area (Å²) in [7, 11) is -3.42. The van der Waals surface area contributed by atoms with Crippen molar-refractivity contribution in [3.63, 3.8) is 0 Å². The van der Waals surface area contributed by atoms with Crippen LogP contribution in [0.15, 0.2) is 84.9 Å². The number of nitriles is 1. The van der Waals surface area contributed by atoms with Crippen LogP contribution in [0.4, 0.5) is 0 Å². The molecule has 35 heavy (non-hydrogen) atoms. The van der Waals surface area contributed by atoms with Gasteiger partial charge < -0.3 is 5.32 Å². The second-order valence-corrected chi connectivity index (χ2v) is 10.6. The van der Waals surface area contributed by atoms with Crippen LogP contribution in [0.25, 0.3) is 22.2 Å². The molecule has 3 aromatic carbocycles. The highest BCUT2D eigenvalue weighted by Gasteiger charge is 2.23. The van der Waals surface area contributed by atoms with Gasteiger partial charge in [0.1, 0.15) is 0 Å². The Bertz CT molecular complexity index is 1500. The normalized spacial score (nSPS) is 12.1. The van der Waals surface area contributed by atoms with Crippen molar-refractivity contribution in [1.82, 2.24) is 10.3 Å². The second kappa shape index (κ2) is 10.5. The van der Waals surface area contributed by atoms with Gasteiger partial charge >= 0.3 is 0 Å². The van der Waals surface area contributed by atoms with Gasteiger partial charge in [0.15, 0.2) is 9.84 Å². The van der Waals surface area contributed by atoms with Crippen molar-refractivity contribution in [3.8, 4) is 17.3 Å². The summed E-state index contributed by atoms with van der Waals surface area (Å²) in [6.07, 6.45) is 1.26. The second-order valence-electron chi connectivity index (χ2n) is 8.44. The molecule has 0 saturated carbocycles. The number of aromatic nitrogens is 1. The topological polar surface area (TPSA) is 99.9 Å². The summed E-state index contributed by atoms with van der Waals surface area (Å²) in [6.45, 7) is 0. The van der Waals surface area contributed by atoms with E-state index < -0.39 is 15.9 Å². The zero-order chi connectivity index (χ0) is 24.8. The molecule has 0 fully saturated rings. The lowest BCUT2D eigenvalue weighted by molar-refractivity contribution is -0.121. The Hall–Kier alpha value is -4.02. The number of nitrogens with zero attached hydrogens (tertiary/aromatic N) is 2.